The number of anilines is 3. The number of pyridine rings is 1. The van der Waals surface area contributed by atoms with Gasteiger partial charge in [-0.2, -0.15) is 0 Å². The van der Waals surface area contributed by atoms with Gasteiger partial charge in [-0.25, -0.2) is 4.98 Å². The number of piperazine rings is 1. The zero-order valence-corrected chi connectivity index (χ0v) is 16.2. The van der Waals surface area contributed by atoms with Gasteiger partial charge in [-0.1, -0.05) is 12.1 Å². The van der Waals surface area contributed by atoms with Crippen molar-refractivity contribution in [2.24, 2.45) is 0 Å². The van der Waals surface area contributed by atoms with Crippen molar-refractivity contribution in [1.82, 2.24) is 20.1 Å². The van der Waals surface area contributed by atoms with Gasteiger partial charge in [-0.15, -0.1) is 10.2 Å². The lowest BCUT2D eigenvalue weighted by molar-refractivity contribution is 0.0739. The third-order valence-corrected chi connectivity index (χ3v) is 4.77. The Bertz CT molecular complexity index is 956. The Morgan fingerprint density at radius 3 is 2.55 bits per heavy atom. The van der Waals surface area contributed by atoms with Gasteiger partial charge in [0, 0.05) is 44.1 Å². The molecule has 4 rings (SSSR count). The minimum absolute atomic E-state index is 0.105. The van der Waals surface area contributed by atoms with Crippen LogP contribution in [0.25, 0.3) is 0 Å². The van der Waals surface area contributed by atoms with Crippen LogP contribution in [0.15, 0.2) is 60.8 Å². The first kappa shape index (κ1) is 18.7. The first-order valence-corrected chi connectivity index (χ1v) is 9.43. The first-order chi connectivity index (χ1) is 14.2. The lowest BCUT2D eigenvalue weighted by Gasteiger charge is -2.35. The predicted octanol–water partition coefficient (Wildman–Crippen LogP) is 2.59. The van der Waals surface area contributed by atoms with Crippen LogP contribution < -0.4 is 15.0 Å². The number of carbonyl (C=O) groups excluding carboxylic acids is 1. The molecule has 29 heavy (non-hydrogen) atoms. The molecule has 0 aliphatic carbocycles. The number of amides is 1. The average molecular weight is 390 g/mol. The minimum Gasteiger partial charge on any atom is -0.497 e. The van der Waals surface area contributed by atoms with Gasteiger partial charge in [0.25, 0.3) is 5.91 Å². The third-order valence-electron chi connectivity index (χ3n) is 4.77. The van der Waals surface area contributed by atoms with Crippen LogP contribution in [0.5, 0.6) is 5.75 Å². The average Bonchev–Trinajstić information content (AvgIpc) is 2.80. The van der Waals surface area contributed by atoms with Crippen LogP contribution in [0.2, 0.25) is 0 Å². The van der Waals surface area contributed by atoms with E-state index >= 15 is 0 Å². The molecule has 3 heterocycles. The Kier molecular flexibility index (Phi) is 5.51. The molecule has 0 bridgehead atoms. The van der Waals surface area contributed by atoms with Crippen molar-refractivity contribution in [1.29, 1.82) is 0 Å². The molecule has 1 aliphatic heterocycles. The van der Waals surface area contributed by atoms with Crippen LogP contribution in [0.4, 0.5) is 17.3 Å². The van der Waals surface area contributed by atoms with E-state index in [4.69, 9.17) is 4.74 Å². The smallest absolute Gasteiger partial charge is 0.274 e. The lowest BCUT2D eigenvalue weighted by Crippen LogP contribution is -2.49. The Balaban J connectivity index is 1.36. The van der Waals surface area contributed by atoms with E-state index < -0.39 is 0 Å². The Morgan fingerprint density at radius 2 is 1.86 bits per heavy atom. The molecule has 8 heteroatoms. The third kappa shape index (κ3) is 4.43. The van der Waals surface area contributed by atoms with Crippen molar-refractivity contribution < 1.29 is 9.53 Å². The summed E-state index contributed by atoms with van der Waals surface area (Å²) in [6.45, 7) is 2.74. The van der Waals surface area contributed by atoms with Gasteiger partial charge >= 0.3 is 0 Å². The molecule has 2 aromatic heterocycles. The Hall–Kier alpha value is -3.68. The van der Waals surface area contributed by atoms with E-state index in [1.807, 2.05) is 42.5 Å². The Labute approximate surface area is 169 Å². The van der Waals surface area contributed by atoms with Crippen molar-refractivity contribution in [2.45, 2.75) is 0 Å². The van der Waals surface area contributed by atoms with E-state index in [1.54, 1.807) is 30.3 Å². The van der Waals surface area contributed by atoms with Gasteiger partial charge in [0.05, 0.1) is 7.11 Å². The molecule has 0 saturated carbocycles. The number of hydrogen-bond acceptors (Lipinski definition) is 7. The molecule has 1 N–H and O–H groups in total. The minimum atomic E-state index is -0.105. The van der Waals surface area contributed by atoms with Crippen LogP contribution in [0.3, 0.4) is 0 Å². The zero-order chi connectivity index (χ0) is 20.1. The highest BCUT2D eigenvalue weighted by atomic mass is 16.5. The van der Waals surface area contributed by atoms with E-state index in [1.165, 1.54) is 0 Å². The highest BCUT2D eigenvalue weighted by molar-refractivity contribution is 5.92. The second kappa shape index (κ2) is 8.55. The quantitative estimate of drug-likeness (QED) is 0.717. The standard InChI is InChI=1S/C21H22N6O2/c1-29-17-6-4-5-16(15-17)23-19-9-8-18(24-25-19)21(28)27-13-11-26(12-14-27)20-7-2-3-10-22-20/h2-10,15H,11-14H2,1H3,(H,23,25). The van der Waals surface area contributed by atoms with Gasteiger partial charge < -0.3 is 19.9 Å². The van der Waals surface area contributed by atoms with Crippen molar-refractivity contribution in [3.8, 4) is 5.75 Å². The molecular weight excluding hydrogens is 368 g/mol. The van der Waals surface area contributed by atoms with Gasteiger partial charge in [0.2, 0.25) is 0 Å². The number of nitrogens with one attached hydrogen (secondary N) is 1. The fraction of sp³-hybridized carbons (Fsp3) is 0.238. The molecule has 1 aliphatic rings. The van der Waals surface area contributed by atoms with Crippen LogP contribution in [-0.4, -0.2) is 59.3 Å². The molecule has 1 saturated heterocycles. The summed E-state index contributed by atoms with van der Waals surface area (Å²) in [5.41, 5.74) is 1.18. The van der Waals surface area contributed by atoms with Crippen molar-refractivity contribution >= 4 is 23.2 Å². The molecule has 1 fully saturated rings. The summed E-state index contributed by atoms with van der Waals surface area (Å²) >= 11 is 0. The second-order valence-corrected chi connectivity index (χ2v) is 6.63. The molecule has 1 aromatic carbocycles. The highest BCUT2D eigenvalue weighted by Gasteiger charge is 2.23. The molecule has 148 valence electrons. The lowest BCUT2D eigenvalue weighted by atomic mass is 10.2. The molecule has 0 unspecified atom stereocenters. The number of ether oxygens (including phenoxy) is 1. The number of nitrogens with zero attached hydrogens (tertiary/aromatic N) is 5. The number of hydrogen-bond donors (Lipinski definition) is 1. The zero-order valence-electron chi connectivity index (χ0n) is 16.2. The number of benzene rings is 1. The number of rotatable bonds is 5. The molecule has 3 aromatic rings. The fourth-order valence-corrected chi connectivity index (χ4v) is 3.20. The van der Waals surface area contributed by atoms with Crippen molar-refractivity contribution in [3.63, 3.8) is 0 Å². The van der Waals surface area contributed by atoms with Crippen LogP contribution in [0.1, 0.15) is 10.5 Å². The summed E-state index contributed by atoms with van der Waals surface area (Å²) in [5.74, 6) is 2.15. The highest BCUT2D eigenvalue weighted by Crippen LogP contribution is 2.20. The summed E-state index contributed by atoms with van der Waals surface area (Å²) < 4.78 is 5.21. The summed E-state index contributed by atoms with van der Waals surface area (Å²) in [6, 6.07) is 16.8. The van der Waals surface area contributed by atoms with Crippen molar-refractivity contribution in [3.05, 3.63) is 66.5 Å². The molecule has 0 spiro atoms. The monoisotopic (exact) mass is 390 g/mol. The number of carbonyl (C=O) groups is 1. The van der Waals surface area contributed by atoms with E-state index in [2.05, 4.69) is 25.4 Å². The van der Waals surface area contributed by atoms with Gasteiger partial charge in [-0.3, -0.25) is 4.79 Å². The molecule has 0 atom stereocenters. The maximum atomic E-state index is 12.7. The van der Waals surface area contributed by atoms with Gasteiger partial charge in [0.1, 0.15) is 11.6 Å². The maximum Gasteiger partial charge on any atom is 0.274 e. The van der Waals surface area contributed by atoms with Crippen LogP contribution in [0, 0.1) is 0 Å². The fourth-order valence-electron chi connectivity index (χ4n) is 3.20. The summed E-state index contributed by atoms with van der Waals surface area (Å²) in [6.07, 6.45) is 1.78. The number of aromatic nitrogens is 3. The van der Waals surface area contributed by atoms with E-state index in [-0.39, 0.29) is 5.91 Å². The van der Waals surface area contributed by atoms with Crippen LogP contribution in [-0.2, 0) is 0 Å². The van der Waals surface area contributed by atoms with Crippen molar-refractivity contribution in [2.75, 3.05) is 43.5 Å². The molecule has 0 radical (unpaired) electrons. The van der Waals surface area contributed by atoms with E-state index in [0.717, 1.165) is 30.3 Å². The summed E-state index contributed by atoms with van der Waals surface area (Å²) in [5, 5.41) is 11.4. The van der Waals surface area contributed by atoms with E-state index in [0.29, 0.717) is 24.6 Å². The summed E-state index contributed by atoms with van der Waals surface area (Å²) in [7, 11) is 1.62. The van der Waals surface area contributed by atoms with Crippen LogP contribution >= 0.6 is 0 Å². The molecular formula is C21H22N6O2. The normalized spacial score (nSPS) is 13.8. The second-order valence-electron chi connectivity index (χ2n) is 6.63. The topological polar surface area (TPSA) is 83.5 Å². The Morgan fingerprint density at radius 1 is 1.00 bits per heavy atom. The summed E-state index contributed by atoms with van der Waals surface area (Å²) in [4.78, 5) is 21.1. The largest absolute Gasteiger partial charge is 0.497 e. The number of methoxy groups -OCH3 is 1. The van der Waals surface area contributed by atoms with Gasteiger partial charge in [0.15, 0.2) is 11.5 Å². The SMILES string of the molecule is COc1cccc(Nc2ccc(C(=O)N3CCN(c4ccccn4)CC3)nn2)c1. The first-order valence-electron chi connectivity index (χ1n) is 9.43. The molecule has 8 nitrogen and oxygen atoms in total. The maximum absolute atomic E-state index is 12.7. The predicted molar refractivity (Wildman–Crippen MR) is 111 cm³/mol. The molecule has 1 amide bonds. The van der Waals surface area contributed by atoms with E-state index in [9.17, 15) is 4.79 Å². The van der Waals surface area contributed by atoms with Gasteiger partial charge in [-0.05, 0) is 36.4 Å².